The van der Waals surface area contributed by atoms with Gasteiger partial charge in [-0.1, -0.05) is 11.2 Å². The number of thiophene rings is 1. The summed E-state index contributed by atoms with van der Waals surface area (Å²) in [5.74, 6) is 0.938. The highest BCUT2D eigenvalue weighted by Crippen LogP contribution is 2.22. The molecular formula is C21H24N6O3S. The number of pyridine rings is 1. The van der Waals surface area contributed by atoms with Gasteiger partial charge in [0.1, 0.15) is 5.69 Å². The second-order valence-electron chi connectivity index (χ2n) is 7.59. The number of rotatable bonds is 5. The van der Waals surface area contributed by atoms with E-state index in [-0.39, 0.29) is 11.8 Å². The van der Waals surface area contributed by atoms with E-state index >= 15 is 0 Å². The van der Waals surface area contributed by atoms with E-state index in [9.17, 15) is 9.59 Å². The van der Waals surface area contributed by atoms with Crippen LogP contribution in [0, 0.1) is 6.92 Å². The van der Waals surface area contributed by atoms with Crippen molar-refractivity contribution in [3.63, 3.8) is 0 Å². The van der Waals surface area contributed by atoms with Crippen LogP contribution < -0.4 is 0 Å². The molecule has 162 valence electrons. The maximum Gasteiger partial charge on any atom is 0.271 e. The molecule has 4 heterocycles. The van der Waals surface area contributed by atoms with Gasteiger partial charge in [-0.3, -0.25) is 14.5 Å². The van der Waals surface area contributed by atoms with Gasteiger partial charge in [0.25, 0.3) is 11.8 Å². The van der Waals surface area contributed by atoms with Crippen LogP contribution in [-0.4, -0.2) is 81.9 Å². The number of amides is 2. The van der Waals surface area contributed by atoms with Gasteiger partial charge in [0.2, 0.25) is 11.7 Å². The Hall–Kier alpha value is -3.11. The molecule has 1 aliphatic rings. The number of aryl methyl sites for hydroxylation is 1. The Morgan fingerprint density at radius 1 is 1.13 bits per heavy atom. The van der Waals surface area contributed by atoms with Crippen LogP contribution in [0.3, 0.4) is 0 Å². The fourth-order valence-corrected chi connectivity index (χ4v) is 4.08. The Balaban J connectivity index is 1.34. The minimum absolute atomic E-state index is 0.0636. The fraction of sp³-hybridized carbons (Fsp3) is 0.381. The summed E-state index contributed by atoms with van der Waals surface area (Å²) in [6, 6.07) is 7.22. The van der Waals surface area contributed by atoms with Gasteiger partial charge in [0.05, 0.1) is 22.7 Å². The van der Waals surface area contributed by atoms with E-state index in [0.29, 0.717) is 61.4 Å². The number of carbonyl (C=O) groups excluding carboxylic acids is 2. The molecule has 0 aromatic carbocycles. The van der Waals surface area contributed by atoms with Crippen LogP contribution in [0.2, 0.25) is 0 Å². The molecule has 0 aliphatic carbocycles. The lowest BCUT2D eigenvalue weighted by atomic mass is 10.1. The quantitative estimate of drug-likeness (QED) is 0.600. The minimum Gasteiger partial charge on any atom is -0.343 e. The van der Waals surface area contributed by atoms with Crippen LogP contribution in [0.1, 0.15) is 32.4 Å². The lowest BCUT2D eigenvalue weighted by molar-refractivity contribution is 0.0613. The summed E-state index contributed by atoms with van der Waals surface area (Å²) in [6.07, 6.45) is 0. The molecule has 3 aromatic rings. The van der Waals surface area contributed by atoms with Crippen molar-refractivity contribution in [2.24, 2.45) is 0 Å². The molecule has 1 fully saturated rings. The molecule has 3 aromatic heterocycles. The number of nitrogens with zero attached hydrogens (tertiary/aromatic N) is 6. The first-order valence-corrected chi connectivity index (χ1v) is 10.9. The zero-order valence-corrected chi connectivity index (χ0v) is 18.6. The second-order valence-corrected chi connectivity index (χ2v) is 8.53. The van der Waals surface area contributed by atoms with Gasteiger partial charge < -0.3 is 14.3 Å². The van der Waals surface area contributed by atoms with E-state index in [1.807, 2.05) is 22.4 Å². The molecule has 1 saturated heterocycles. The molecule has 4 rings (SSSR count). The van der Waals surface area contributed by atoms with Gasteiger partial charge in [0, 0.05) is 40.3 Å². The molecular weight excluding hydrogens is 416 g/mol. The third-order valence-corrected chi connectivity index (χ3v) is 6.04. The van der Waals surface area contributed by atoms with E-state index in [1.54, 1.807) is 44.5 Å². The summed E-state index contributed by atoms with van der Waals surface area (Å²) in [7, 11) is 3.35. The molecule has 10 heteroatoms. The molecule has 0 spiro atoms. The van der Waals surface area contributed by atoms with E-state index in [0.717, 1.165) is 4.88 Å². The molecule has 31 heavy (non-hydrogen) atoms. The van der Waals surface area contributed by atoms with Crippen molar-refractivity contribution in [3.05, 3.63) is 52.5 Å². The maximum absolute atomic E-state index is 13.0. The maximum atomic E-state index is 13.0. The van der Waals surface area contributed by atoms with E-state index in [1.165, 1.54) is 4.90 Å². The highest BCUT2D eigenvalue weighted by Gasteiger charge is 2.25. The van der Waals surface area contributed by atoms with Crippen molar-refractivity contribution in [2.45, 2.75) is 13.5 Å². The number of piperazine rings is 1. The number of hydrogen-bond donors (Lipinski definition) is 0. The van der Waals surface area contributed by atoms with E-state index < -0.39 is 0 Å². The molecule has 2 amide bonds. The Labute approximate surface area is 184 Å². The van der Waals surface area contributed by atoms with Crippen molar-refractivity contribution < 1.29 is 14.1 Å². The molecule has 0 unspecified atom stereocenters. The van der Waals surface area contributed by atoms with Crippen molar-refractivity contribution >= 4 is 23.2 Å². The SMILES string of the molecule is Cc1nc(C(=O)N(C)C)ccc1C(=O)N1CCN(Cc2nc(-c3cccs3)no2)CC1. The lowest BCUT2D eigenvalue weighted by Gasteiger charge is -2.34. The first-order chi connectivity index (χ1) is 14.9. The highest BCUT2D eigenvalue weighted by atomic mass is 32.1. The van der Waals surface area contributed by atoms with Gasteiger partial charge >= 0.3 is 0 Å². The van der Waals surface area contributed by atoms with Crippen LogP contribution in [0.15, 0.2) is 34.2 Å². The summed E-state index contributed by atoms with van der Waals surface area (Å²) in [5.41, 5.74) is 1.43. The van der Waals surface area contributed by atoms with Crippen LogP contribution >= 0.6 is 11.3 Å². The monoisotopic (exact) mass is 440 g/mol. The van der Waals surface area contributed by atoms with Gasteiger partial charge in [-0.25, -0.2) is 4.98 Å². The summed E-state index contributed by atoms with van der Waals surface area (Å²) in [4.78, 5) is 40.3. The summed E-state index contributed by atoms with van der Waals surface area (Å²) >= 11 is 1.57. The standard InChI is InChI=1S/C21H24N6O3S/c1-14-15(6-7-16(22-14)21(29)25(2)3)20(28)27-10-8-26(9-11-27)13-18-23-19(24-30-18)17-5-4-12-31-17/h4-7,12H,8-11,13H2,1-3H3. The van der Waals surface area contributed by atoms with Crippen LogP contribution in [-0.2, 0) is 6.54 Å². The third kappa shape index (κ3) is 4.64. The van der Waals surface area contributed by atoms with Gasteiger partial charge in [-0.15, -0.1) is 11.3 Å². The summed E-state index contributed by atoms with van der Waals surface area (Å²) < 4.78 is 5.38. The molecule has 9 nitrogen and oxygen atoms in total. The van der Waals surface area contributed by atoms with Crippen molar-refractivity contribution in [2.75, 3.05) is 40.3 Å². The summed E-state index contributed by atoms with van der Waals surface area (Å²) in [6.45, 7) is 4.95. The Bertz CT molecular complexity index is 1070. The molecule has 0 atom stereocenters. The van der Waals surface area contributed by atoms with Crippen LogP contribution in [0.4, 0.5) is 0 Å². The minimum atomic E-state index is -0.182. The first-order valence-electron chi connectivity index (χ1n) is 10.00. The Kier molecular flexibility index (Phi) is 6.10. The Morgan fingerprint density at radius 2 is 1.90 bits per heavy atom. The van der Waals surface area contributed by atoms with Crippen molar-refractivity contribution in [1.82, 2.24) is 29.8 Å². The van der Waals surface area contributed by atoms with Gasteiger partial charge in [-0.2, -0.15) is 4.98 Å². The predicted octanol–water partition coefficient (Wildman–Crippen LogP) is 2.16. The van der Waals surface area contributed by atoms with Crippen molar-refractivity contribution in [1.29, 1.82) is 0 Å². The van der Waals surface area contributed by atoms with Crippen LogP contribution in [0.5, 0.6) is 0 Å². The average Bonchev–Trinajstić information content (AvgIpc) is 3.45. The molecule has 0 saturated carbocycles. The fourth-order valence-electron chi connectivity index (χ4n) is 3.43. The largest absolute Gasteiger partial charge is 0.343 e. The summed E-state index contributed by atoms with van der Waals surface area (Å²) in [5, 5.41) is 6.02. The highest BCUT2D eigenvalue weighted by molar-refractivity contribution is 7.13. The van der Waals surface area contributed by atoms with Crippen LogP contribution in [0.25, 0.3) is 10.7 Å². The van der Waals surface area contributed by atoms with Gasteiger partial charge in [0.15, 0.2) is 0 Å². The van der Waals surface area contributed by atoms with E-state index in [2.05, 4.69) is 20.0 Å². The third-order valence-electron chi connectivity index (χ3n) is 5.17. The molecule has 0 N–H and O–H groups in total. The number of aromatic nitrogens is 3. The smallest absolute Gasteiger partial charge is 0.271 e. The number of hydrogen-bond acceptors (Lipinski definition) is 8. The zero-order chi connectivity index (χ0) is 22.0. The topological polar surface area (TPSA) is 95.7 Å². The Morgan fingerprint density at radius 3 is 2.55 bits per heavy atom. The number of carbonyl (C=O) groups is 2. The average molecular weight is 441 g/mol. The first kappa shape index (κ1) is 21.1. The van der Waals surface area contributed by atoms with Gasteiger partial charge in [-0.05, 0) is 30.5 Å². The predicted molar refractivity (Wildman–Crippen MR) is 116 cm³/mol. The molecule has 0 bridgehead atoms. The van der Waals surface area contributed by atoms with Crippen molar-refractivity contribution in [3.8, 4) is 10.7 Å². The molecule has 1 aliphatic heterocycles. The molecule has 0 radical (unpaired) electrons. The normalized spacial score (nSPS) is 14.6. The zero-order valence-electron chi connectivity index (χ0n) is 17.7. The lowest BCUT2D eigenvalue weighted by Crippen LogP contribution is -2.48. The second kappa shape index (κ2) is 8.94. The van der Waals surface area contributed by atoms with E-state index in [4.69, 9.17) is 4.52 Å².